The molecule has 1 heterocycles. The summed E-state index contributed by atoms with van der Waals surface area (Å²) in [6.07, 6.45) is 2.35. The van der Waals surface area contributed by atoms with Gasteiger partial charge in [0.15, 0.2) is 0 Å². The van der Waals surface area contributed by atoms with Crippen LogP contribution in [-0.4, -0.2) is 24.8 Å². The fraction of sp³-hybridized carbons (Fsp3) is 0.500. The van der Waals surface area contributed by atoms with E-state index in [4.69, 9.17) is 9.47 Å². The van der Waals surface area contributed by atoms with Crippen molar-refractivity contribution in [3.8, 4) is 5.75 Å². The second-order valence-corrected chi connectivity index (χ2v) is 2.78. The average Bonchev–Trinajstić information content (AvgIpc) is 2.21. The van der Waals surface area contributed by atoms with E-state index >= 15 is 0 Å². The summed E-state index contributed by atoms with van der Waals surface area (Å²) in [5.41, 5.74) is 0. The monoisotopic (exact) mass is 199 g/mol. The highest BCUT2D eigenvalue weighted by atomic mass is 19.1. The maximum Gasteiger partial charge on any atom is 0.213 e. The number of hydrogen-bond donors (Lipinski definition) is 0. The molecule has 4 heteroatoms. The minimum atomic E-state index is -0.500. The van der Waals surface area contributed by atoms with Crippen LogP contribution in [0.5, 0.6) is 5.75 Å². The van der Waals surface area contributed by atoms with E-state index in [0.29, 0.717) is 19.0 Å². The van der Waals surface area contributed by atoms with Crippen molar-refractivity contribution in [2.24, 2.45) is 0 Å². The molecule has 78 valence electrons. The lowest BCUT2D eigenvalue weighted by molar-refractivity contribution is 0.100. The zero-order chi connectivity index (χ0) is 10.2. The Balaban J connectivity index is 2.15. The van der Waals surface area contributed by atoms with Crippen LogP contribution in [0.3, 0.4) is 0 Å². The van der Waals surface area contributed by atoms with Crippen LogP contribution in [0.15, 0.2) is 18.3 Å². The normalized spacial score (nSPS) is 10.1. The number of nitrogens with zero attached hydrogens (tertiary/aromatic N) is 1. The fourth-order valence-electron chi connectivity index (χ4n) is 0.912. The van der Waals surface area contributed by atoms with E-state index < -0.39 is 5.95 Å². The van der Waals surface area contributed by atoms with E-state index in [1.807, 2.05) is 6.92 Å². The molecule has 0 fully saturated rings. The number of pyridine rings is 1. The van der Waals surface area contributed by atoms with Crippen molar-refractivity contribution in [3.63, 3.8) is 0 Å². The highest BCUT2D eigenvalue weighted by molar-refractivity contribution is 5.15. The molecule has 0 radical (unpaired) electrons. The number of aromatic nitrogens is 1. The zero-order valence-electron chi connectivity index (χ0n) is 8.20. The van der Waals surface area contributed by atoms with Crippen molar-refractivity contribution in [1.29, 1.82) is 0 Å². The smallest absolute Gasteiger partial charge is 0.213 e. The van der Waals surface area contributed by atoms with Gasteiger partial charge in [0.05, 0.1) is 12.8 Å². The van der Waals surface area contributed by atoms with E-state index in [1.54, 1.807) is 6.07 Å². The van der Waals surface area contributed by atoms with Gasteiger partial charge in [0.1, 0.15) is 12.4 Å². The Morgan fingerprint density at radius 1 is 1.29 bits per heavy atom. The van der Waals surface area contributed by atoms with Crippen LogP contribution in [0.1, 0.15) is 13.3 Å². The quantitative estimate of drug-likeness (QED) is 0.519. The fourth-order valence-corrected chi connectivity index (χ4v) is 0.912. The van der Waals surface area contributed by atoms with E-state index in [9.17, 15) is 4.39 Å². The molecule has 0 aliphatic rings. The lowest BCUT2D eigenvalue weighted by atomic mass is 10.4. The molecule has 0 amide bonds. The predicted molar refractivity (Wildman–Crippen MR) is 50.8 cm³/mol. The van der Waals surface area contributed by atoms with Crippen LogP contribution in [0.2, 0.25) is 0 Å². The second kappa shape index (κ2) is 6.32. The van der Waals surface area contributed by atoms with Gasteiger partial charge in [0.25, 0.3) is 0 Å². The van der Waals surface area contributed by atoms with Crippen LogP contribution in [0.25, 0.3) is 0 Å². The minimum Gasteiger partial charge on any atom is -0.490 e. The molecule has 1 aromatic heterocycles. The van der Waals surface area contributed by atoms with Crippen LogP contribution >= 0.6 is 0 Å². The van der Waals surface area contributed by atoms with Gasteiger partial charge in [0, 0.05) is 6.61 Å². The molecule has 0 spiro atoms. The highest BCUT2D eigenvalue weighted by Gasteiger charge is 1.95. The third kappa shape index (κ3) is 4.18. The first-order chi connectivity index (χ1) is 6.83. The Labute approximate surface area is 82.9 Å². The highest BCUT2D eigenvalue weighted by Crippen LogP contribution is 2.07. The molecule has 0 aromatic carbocycles. The summed E-state index contributed by atoms with van der Waals surface area (Å²) in [5.74, 6) is 0.0612. The summed E-state index contributed by atoms with van der Waals surface area (Å²) in [6, 6.07) is 2.81. The minimum absolute atomic E-state index is 0.466. The van der Waals surface area contributed by atoms with Crippen LogP contribution in [0.4, 0.5) is 4.39 Å². The third-order valence-corrected chi connectivity index (χ3v) is 1.55. The van der Waals surface area contributed by atoms with Crippen molar-refractivity contribution in [3.05, 3.63) is 24.3 Å². The van der Waals surface area contributed by atoms with E-state index in [2.05, 4.69) is 4.98 Å². The summed E-state index contributed by atoms with van der Waals surface area (Å²) < 4.78 is 22.8. The van der Waals surface area contributed by atoms with Crippen LogP contribution in [0, 0.1) is 5.95 Å². The van der Waals surface area contributed by atoms with E-state index in [-0.39, 0.29) is 0 Å². The van der Waals surface area contributed by atoms with Gasteiger partial charge < -0.3 is 9.47 Å². The molecule has 1 rings (SSSR count). The SMILES string of the molecule is CCCOCCOc1ccc(F)nc1. The lowest BCUT2D eigenvalue weighted by Gasteiger charge is -2.05. The second-order valence-electron chi connectivity index (χ2n) is 2.78. The molecule has 3 nitrogen and oxygen atoms in total. The molecular formula is C10H14FNO2. The first-order valence-electron chi connectivity index (χ1n) is 4.65. The van der Waals surface area contributed by atoms with Crippen molar-refractivity contribution in [1.82, 2.24) is 4.98 Å². The summed E-state index contributed by atoms with van der Waals surface area (Å²) in [5, 5.41) is 0. The Morgan fingerprint density at radius 2 is 2.14 bits per heavy atom. The third-order valence-electron chi connectivity index (χ3n) is 1.55. The zero-order valence-corrected chi connectivity index (χ0v) is 8.20. The van der Waals surface area contributed by atoms with Gasteiger partial charge >= 0.3 is 0 Å². The molecule has 0 aliphatic carbocycles. The van der Waals surface area contributed by atoms with Gasteiger partial charge in [-0.3, -0.25) is 0 Å². The molecule has 0 unspecified atom stereocenters. The van der Waals surface area contributed by atoms with Crippen molar-refractivity contribution >= 4 is 0 Å². The topological polar surface area (TPSA) is 31.4 Å². The molecule has 0 saturated heterocycles. The molecule has 1 aromatic rings. The van der Waals surface area contributed by atoms with Gasteiger partial charge in [0.2, 0.25) is 5.95 Å². The molecule has 0 saturated carbocycles. The van der Waals surface area contributed by atoms with E-state index in [1.165, 1.54) is 12.3 Å². The lowest BCUT2D eigenvalue weighted by Crippen LogP contribution is -2.07. The average molecular weight is 199 g/mol. The molecule has 0 bridgehead atoms. The number of halogens is 1. The number of ether oxygens (including phenoxy) is 2. The van der Waals surface area contributed by atoms with Gasteiger partial charge in [-0.25, -0.2) is 4.98 Å². The molecule has 0 aliphatic heterocycles. The predicted octanol–water partition coefficient (Wildman–Crippen LogP) is 2.03. The maximum absolute atomic E-state index is 12.4. The first kappa shape index (κ1) is 10.9. The van der Waals surface area contributed by atoms with Crippen LogP contribution < -0.4 is 4.74 Å². The van der Waals surface area contributed by atoms with E-state index in [0.717, 1.165) is 13.0 Å². The van der Waals surface area contributed by atoms with Crippen LogP contribution in [-0.2, 0) is 4.74 Å². The summed E-state index contributed by atoms with van der Waals surface area (Å²) in [6.45, 7) is 3.80. The van der Waals surface area contributed by atoms with Gasteiger partial charge in [-0.1, -0.05) is 6.92 Å². The summed E-state index contributed by atoms with van der Waals surface area (Å²) >= 11 is 0. The number of rotatable bonds is 6. The molecule has 14 heavy (non-hydrogen) atoms. The van der Waals surface area contributed by atoms with Gasteiger partial charge in [-0.2, -0.15) is 4.39 Å². The Bertz CT molecular complexity index is 251. The Morgan fingerprint density at radius 3 is 2.79 bits per heavy atom. The maximum atomic E-state index is 12.4. The summed E-state index contributed by atoms with van der Waals surface area (Å²) in [4.78, 5) is 3.46. The van der Waals surface area contributed by atoms with Gasteiger partial charge in [-0.15, -0.1) is 0 Å². The van der Waals surface area contributed by atoms with Crippen molar-refractivity contribution in [2.45, 2.75) is 13.3 Å². The van der Waals surface area contributed by atoms with Gasteiger partial charge in [-0.05, 0) is 18.6 Å². The molecule has 0 atom stereocenters. The van der Waals surface area contributed by atoms with Crippen molar-refractivity contribution in [2.75, 3.05) is 19.8 Å². The molecule has 0 N–H and O–H groups in total. The Hall–Kier alpha value is -1.16. The first-order valence-corrected chi connectivity index (χ1v) is 4.65. The Kier molecular flexibility index (Phi) is 4.93. The summed E-state index contributed by atoms with van der Waals surface area (Å²) in [7, 11) is 0. The molecular weight excluding hydrogens is 185 g/mol. The number of hydrogen-bond acceptors (Lipinski definition) is 3. The largest absolute Gasteiger partial charge is 0.490 e. The standard InChI is InChI=1S/C10H14FNO2/c1-2-5-13-6-7-14-9-3-4-10(11)12-8-9/h3-4,8H,2,5-7H2,1H3. The van der Waals surface area contributed by atoms with Crippen molar-refractivity contribution < 1.29 is 13.9 Å².